The summed E-state index contributed by atoms with van der Waals surface area (Å²) in [4.78, 5) is 18.3. The van der Waals surface area contributed by atoms with Gasteiger partial charge in [-0.05, 0) is 62.7 Å². The first-order valence-corrected chi connectivity index (χ1v) is 9.42. The van der Waals surface area contributed by atoms with Crippen molar-refractivity contribution in [2.24, 2.45) is 22.7 Å². The van der Waals surface area contributed by atoms with Gasteiger partial charge in [0.15, 0.2) is 0 Å². The lowest BCUT2D eigenvalue weighted by atomic mass is 9.44. The molecule has 0 N–H and O–H groups in total. The van der Waals surface area contributed by atoms with Crippen LogP contribution in [-0.4, -0.2) is 17.6 Å². The van der Waals surface area contributed by atoms with Gasteiger partial charge < -0.3 is 4.74 Å². The molecule has 22 heavy (non-hydrogen) atoms. The maximum absolute atomic E-state index is 12.8. The molecule has 4 fully saturated rings. The molecule has 1 aromatic heterocycles. The standard InChI is InChI=1S/C18H25NO2S/c1-12-15(22-11-19-12)3-4-21-16(20)18-8-13-5-14(9-18)7-17(2,6-13)10-18/h11,13-14H,3-10H2,1-2H3/t13-,14+,17?,18?. The van der Waals surface area contributed by atoms with Crippen molar-refractivity contribution in [3.05, 3.63) is 16.1 Å². The van der Waals surface area contributed by atoms with Gasteiger partial charge in [-0.15, -0.1) is 11.3 Å². The number of aromatic nitrogens is 1. The van der Waals surface area contributed by atoms with E-state index in [2.05, 4.69) is 11.9 Å². The molecule has 4 saturated carbocycles. The van der Waals surface area contributed by atoms with Gasteiger partial charge in [0.2, 0.25) is 0 Å². The maximum Gasteiger partial charge on any atom is 0.312 e. The Balaban J connectivity index is 1.41. The minimum Gasteiger partial charge on any atom is -0.465 e. The third-order valence-corrected chi connectivity index (χ3v) is 7.19. The molecule has 1 aromatic rings. The van der Waals surface area contributed by atoms with E-state index >= 15 is 0 Å². The van der Waals surface area contributed by atoms with Crippen molar-refractivity contribution < 1.29 is 9.53 Å². The Morgan fingerprint density at radius 2 is 2.09 bits per heavy atom. The highest BCUT2D eigenvalue weighted by molar-refractivity contribution is 7.09. The summed E-state index contributed by atoms with van der Waals surface area (Å²) in [6.07, 6.45) is 8.05. The van der Waals surface area contributed by atoms with Gasteiger partial charge in [0, 0.05) is 11.3 Å². The van der Waals surface area contributed by atoms with E-state index in [0.29, 0.717) is 12.0 Å². The van der Waals surface area contributed by atoms with Crippen LogP contribution in [0.5, 0.6) is 0 Å². The molecule has 5 rings (SSSR count). The van der Waals surface area contributed by atoms with Crippen LogP contribution < -0.4 is 0 Å². The second-order valence-corrected chi connectivity index (χ2v) is 9.24. The third-order valence-electron chi connectivity index (χ3n) is 6.19. The van der Waals surface area contributed by atoms with E-state index in [-0.39, 0.29) is 11.4 Å². The van der Waals surface area contributed by atoms with E-state index in [0.717, 1.165) is 43.2 Å². The Morgan fingerprint density at radius 1 is 1.36 bits per heavy atom. The molecule has 0 radical (unpaired) electrons. The highest BCUT2D eigenvalue weighted by Crippen LogP contribution is 2.65. The van der Waals surface area contributed by atoms with Crippen LogP contribution in [0, 0.1) is 29.6 Å². The smallest absolute Gasteiger partial charge is 0.312 e. The Morgan fingerprint density at radius 3 is 2.68 bits per heavy atom. The fraction of sp³-hybridized carbons (Fsp3) is 0.778. The summed E-state index contributed by atoms with van der Waals surface area (Å²) in [5, 5.41) is 0. The number of carbonyl (C=O) groups excluding carboxylic acids is 1. The number of hydrogen-bond donors (Lipinski definition) is 0. The van der Waals surface area contributed by atoms with Gasteiger partial charge in [-0.2, -0.15) is 0 Å². The average Bonchev–Trinajstić information content (AvgIpc) is 2.81. The number of aryl methyl sites for hydroxylation is 1. The molecule has 0 amide bonds. The summed E-state index contributed by atoms with van der Waals surface area (Å²) in [7, 11) is 0. The molecule has 2 unspecified atom stereocenters. The topological polar surface area (TPSA) is 39.2 Å². The zero-order chi connectivity index (χ0) is 15.4. The molecule has 4 aliphatic rings. The number of nitrogens with zero attached hydrogens (tertiary/aromatic N) is 1. The van der Waals surface area contributed by atoms with Crippen LogP contribution in [-0.2, 0) is 16.0 Å². The SMILES string of the molecule is Cc1ncsc1CCOC(=O)C12C[C@@H]3C[C@@H](CC(C)(C3)C1)C2. The molecule has 120 valence electrons. The van der Waals surface area contributed by atoms with Crippen LogP contribution in [0.15, 0.2) is 5.51 Å². The second kappa shape index (κ2) is 5.05. The van der Waals surface area contributed by atoms with Gasteiger partial charge >= 0.3 is 5.97 Å². The van der Waals surface area contributed by atoms with Gasteiger partial charge in [-0.3, -0.25) is 4.79 Å². The van der Waals surface area contributed by atoms with E-state index < -0.39 is 0 Å². The zero-order valence-electron chi connectivity index (χ0n) is 13.6. The molecular formula is C18H25NO2S. The van der Waals surface area contributed by atoms with Crippen LogP contribution in [0.4, 0.5) is 0 Å². The summed E-state index contributed by atoms with van der Waals surface area (Å²) in [5.74, 6) is 1.63. The number of carbonyl (C=O) groups is 1. The Bertz CT molecular complexity index is 580. The predicted molar refractivity (Wildman–Crippen MR) is 86.7 cm³/mol. The lowest BCUT2D eigenvalue weighted by Crippen LogP contribution is -2.54. The summed E-state index contributed by atoms with van der Waals surface area (Å²) >= 11 is 1.66. The first kappa shape index (κ1) is 14.7. The lowest BCUT2D eigenvalue weighted by molar-refractivity contribution is -0.179. The molecule has 0 spiro atoms. The number of ether oxygens (including phenoxy) is 1. The minimum atomic E-state index is -0.151. The molecule has 4 atom stereocenters. The highest BCUT2D eigenvalue weighted by Gasteiger charge is 2.59. The average molecular weight is 319 g/mol. The summed E-state index contributed by atoms with van der Waals surface area (Å²) in [6, 6.07) is 0. The van der Waals surface area contributed by atoms with Crippen LogP contribution in [0.2, 0.25) is 0 Å². The molecule has 0 aliphatic heterocycles. The fourth-order valence-electron chi connectivity index (χ4n) is 5.91. The molecule has 0 aromatic carbocycles. The van der Waals surface area contributed by atoms with Crippen molar-refractivity contribution in [2.75, 3.05) is 6.61 Å². The monoisotopic (exact) mass is 319 g/mol. The van der Waals surface area contributed by atoms with Crippen LogP contribution in [0.25, 0.3) is 0 Å². The van der Waals surface area contributed by atoms with E-state index in [4.69, 9.17) is 4.74 Å². The van der Waals surface area contributed by atoms with Crippen molar-refractivity contribution in [3.8, 4) is 0 Å². The third kappa shape index (κ3) is 2.40. The largest absolute Gasteiger partial charge is 0.465 e. The normalized spacial score (nSPS) is 39.2. The lowest BCUT2D eigenvalue weighted by Gasteiger charge is -2.59. The summed E-state index contributed by atoms with van der Waals surface area (Å²) in [5.41, 5.74) is 3.19. The molecular weight excluding hydrogens is 294 g/mol. The zero-order valence-corrected chi connectivity index (χ0v) is 14.4. The number of rotatable bonds is 4. The Hall–Kier alpha value is -0.900. The minimum absolute atomic E-state index is 0.0926. The van der Waals surface area contributed by atoms with E-state index in [1.54, 1.807) is 11.3 Å². The quantitative estimate of drug-likeness (QED) is 0.783. The van der Waals surface area contributed by atoms with Crippen molar-refractivity contribution in [2.45, 2.75) is 58.8 Å². The van der Waals surface area contributed by atoms with Crippen molar-refractivity contribution >= 4 is 17.3 Å². The van der Waals surface area contributed by atoms with Gasteiger partial charge in [-0.25, -0.2) is 4.98 Å². The molecule has 1 heterocycles. The highest BCUT2D eigenvalue weighted by atomic mass is 32.1. The molecule has 4 heteroatoms. The number of hydrogen-bond acceptors (Lipinski definition) is 4. The van der Waals surface area contributed by atoms with Gasteiger partial charge in [0.05, 0.1) is 23.2 Å². The van der Waals surface area contributed by atoms with Crippen molar-refractivity contribution in [1.29, 1.82) is 0 Å². The number of esters is 1. The predicted octanol–water partition coefficient (Wildman–Crippen LogP) is 4.14. The second-order valence-electron chi connectivity index (χ2n) is 8.30. The Kier molecular flexibility index (Phi) is 3.37. The summed E-state index contributed by atoms with van der Waals surface area (Å²) in [6.45, 7) is 4.93. The van der Waals surface area contributed by atoms with Crippen LogP contribution in [0.1, 0.15) is 56.0 Å². The molecule has 3 nitrogen and oxygen atoms in total. The van der Waals surface area contributed by atoms with Gasteiger partial charge in [0.1, 0.15) is 0 Å². The van der Waals surface area contributed by atoms with Gasteiger partial charge in [0.25, 0.3) is 0 Å². The van der Waals surface area contributed by atoms with Crippen LogP contribution >= 0.6 is 11.3 Å². The Labute approximate surface area is 136 Å². The first-order valence-electron chi connectivity index (χ1n) is 8.54. The van der Waals surface area contributed by atoms with Crippen molar-refractivity contribution in [3.63, 3.8) is 0 Å². The maximum atomic E-state index is 12.8. The van der Waals surface area contributed by atoms with E-state index in [1.807, 2.05) is 12.4 Å². The number of thiazole rings is 1. The fourth-order valence-corrected chi connectivity index (χ4v) is 6.68. The molecule has 0 saturated heterocycles. The first-order chi connectivity index (χ1) is 10.5. The molecule has 4 bridgehead atoms. The van der Waals surface area contributed by atoms with Crippen LogP contribution in [0.3, 0.4) is 0 Å². The van der Waals surface area contributed by atoms with E-state index in [9.17, 15) is 4.79 Å². The van der Waals surface area contributed by atoms with E-state index in [1.165, 1.54) is 24.1 Å². The molecule has 4 aliphatic carbocycles. The van der Waals surface area contributed by atoms with Crippen molar-refractivity contribution in [1.82, 2.24) is 4.98 Å². The van der Waals surface area contributed by atoms with Gasteiger partial charge in [-0.1, -0.05) is 6.92 Å². The summed E-state index contributed by atoms with van der Waals surface area (Å²) < 4.78 is 5.74.